The molecule has 0 heterocycles. The summed E-state index contributed by atoms with van der Waals surface area (Å²) in [5.41, 5.74) is 25.0. The standard InChI is InChI=1S/C76H70N2/c1-73(2,3)51-31-35-55(36-32-51)77(53-27-19-13-20-28-53)57-39-41-59-61-45-63-65(47-69(61)75(7,8)67(59)43-57)72(50-25-17-12-18-26-50)66-48-70-62(46-64(66)71(63)49-23-15-11-16-24-49)60-42-40-58(44-68(60)76(70,9)10)78(54-29-21-14-22-30-54)56-37-33-52(34-38-56)74(4,5)6/h11-13,15-21,23-48H,14,22H2,1-10H3. The van der Waals surface area contributed by atoms with Gasteiger partial charge < -0.3 is 9.80 Å². The van der Waals surface area contributed by atoms with Gasteiger partial charge in [-0.25, -0.2) is 0 Å². The zero-order valence-corrected chi connectivity index (χ0v) is 47.1. The summed E-state index contributed by atoms with van der Waals surface area (Å²) < 4.78 is 0. The second-order valence-corrected chi connectivity index (χ2v) is 25.3. The average Bonchev–Trinajstić information content (AvgIpc) is 3.89. The molecule has 384 valence electrons. The maximum atomic E-state index is 2.58. The van der Waals surface area contributed by atoms with E-state index in [9.17, 15) is 0 Å². The van der Waals surface area contributed by atoms with Crippen molar-refractivity contribution in [1.29, 1.82) is 0 Å². The quantitative estimate of drug-likeness (QED) is 0.140. The molecule has 2 nitrogen and oxygen atoms in total. The predicted octanol–water partition coefficient (Wildman–Crippen LogP) is 21.4. The highest BCUT2D eigenvalue weighted by Gasteiger charge is 2.40. The molecule has 0 aliphatic heterocycles. The van der Waals surface area contributed by atoms with Crippen LogP contribution in [-0.2, 0) is 21.7 Å². The van der Waals surface area contributed by atoms with Gasteiger partial charge in [0.25, 0.3) is 0 Å². The van der Waals surface area contributed by atoms with Crippen molar-refractivity contribution in [2.24, 2.45) is 0 Å². The molecule has 13 rings (SSSR count). The second kappa shape index (κ2) is 18.2. The maximum Gasteiger partial charge on any atom is 0.0465 e. The van der Waals surface area contributed by atoms with Gasteiger partial charge in [-0.1, -0.05) is 197 Å². The highest BCUT2D eigenvalue weighted by molar-refractivity contribution is 6.23. The number of allylic oxidation sites excluding steroid dienone is 3. The van der Waals surface area contributed by atoms with Crippen molar-refractivity contribution in [3.63, 3.8) is 0 Å². The minimum absolute atomic E-state index is 0.0656. The molecule has 10 aromatic carbocycles. The minimum atomic E-state index is -0.283. The minimum Gasteiger partial charge on any atom is -0.311 e. The van der Waals surface area contributed by atoms with E-state index in [-0.39, 0.29) is 21.7 Å². The summed E-state index contributed by atoms with van der Waals surface area (Å²) in [6.45, 7) is 23.5. The summed E-state index contributed by atoms with van der Waals surface area (Å²) in [6, 6.07) is 76.4. The molecule has 0 radical (unpaired) electrons. The van der Waals surface area contributed by atoms with E-state index in [1.807, 2.05) is 0 Å². The van der Waals surface area contributed by atoms with E-state index in [1.54, 1.807) is 0 Å². The number of benzene rings is 10. The number of fused-ring (bicyclic) bond motifs is 8. The summed E-state index contributed by atoms with van der Waals surface area (Å²) in [7, 11) is 0. The lowest BCUT2D eigenvalue weighted by Gasteiger charge is -2.30. The Hall–Kier alpha value is -8.20. The Labute approximate surface area is 463 Å². The van der Waals surface area contributed by atoms with E-state index in [0.29, 0.717) is 0 Å². The molecule has 2 heteroatoms. The van der Waals surface area contributed by atoms with E-state index >= 15 is 0 Å². The van der Waals surface area contributed by atoms with E-state index in [4.69, 9.17) is 0 Å². The highest BCUT2D eigenvalue weighted by Crippen LogP contribution is 2.57. The highest BCUT2D eigenvalue weighted by atomic mass is 15.2. The van der Waals surface area contributed by atoms with Crippen LogP contribution < -0.4 is 9.80 Å². The Bertz CT molecular complexity index is 4050. The van der Waals surface area contributed by atoms with Crippen molar-refractivity contribution in [2.45, 2.75) is 104 Å². The Morgan fingerprint density at radius 1 is 0.346 bits per heavy atom. The largest absolute Gasteiger partial charge is 0.311 e. The molecule has 0 spiro atoms. The Morgan fingerprint density at radius 2 is 0.718 bits per heavy atom. The third-order valence-corrected chi connectivity index (χ3v) is 17.5. The Kier molecular flexibility index (Phi) is 11.5. The fourth-order valence-corrected chi connectivity index (χ4v) is 13.2. The van der Waals surface area contributed by atoms with Gasteiger partial charge in [0, 0.05) is 45.0 Å². The molecule has 78 heavy (non-hydrogen) atoms. The van der Waals surface area contributed by atoms with Crippen LogP contribution in [0.15, 0.2) is 224 Å². The van der Waals surface area contributed by atoms with E-state index < -0.39 is 0 Å². The number of hydrogen-bond acceptors (Lipinski definition) is 2. The molecule has 0 bridgehead atoms. The van der Waals surface area contributed by atoms with Crippen molar-refractivity contribution in [1.82, 2.24) is 0 Å². The van der Waals surface area contributed by atoms with Crippen molar-refractivity contribution >= 4 is 50.0 Å². The third-order valence-electron chi connectivity index (χ3n) is 17.5. The molecule has 3 aliphatic rings. The van der Waals surface area contributed by atoms with Crippen LogP contribution in [-0.4, -0.2) is 0 Å². The van der Waals surface area contributed by atoms with Gasteiger partial charge in [0.1, 0.15) is 0 Å². The molecular formula is C76H70N2. The van der Waals surface area contributed by atoms with Crippen LogP contribution in [0.25, 0.3) is 66.1 Å². The van der Waals surface area contributed by atoms with Crippen LogP contribution in [0.2, 0.25) is 0 Å². The van der Waals surface area contributed by atoms with Gasteiger partial charge in [-0.15, -0.1) is 0 Å². The summed E-state index contributed by atoms with van der Waals surface area (Å²) in [4.78, 5) is 4.89. The van der Waals surface area contributed by atoms with Gasteiger partial charge >= 0.3 is 0 Å². The molecule has 0 unspecified atom stereocenters. The summed E-state index contributed by atoms with van der Waals surface area (Å²) in [5.74, 6) is 0. The smallest absolute Gasteiger partial charge is 0.0465 e. The molecule has 10 aromatic rings. The topological polar surface area (TPSA) is 6.48 Å². The van der Waals surface area contributed by atoms with Crippen LogP contribution in [0.3, 0.4) is 0 Å². The first-order valence-electron chi connectivity index (χ1n) is 28.2. The number of para-hydroxylation sites is 1. The molecule has 0 N–H and O–H groups in total. The molecule has 3 aliphatic carbocycles. The molecule has 0 saturated heterocycles. The number of anilines is 5. The normalized spacial score (nSPS) is 14.9. The predicted molar refractivity (Wildman–Crippen MR) is 335 cm³/mol. The van der Waals surface area contributed by atoms with Crippen LogP contribution in [0, 0.1) is 0 Å². The zero-order valence-electron chi connectivity index (χ0n) is 47.1. The maximum absolute atomic E-state index is 2.58. The van der Waals surface area contributed by atoms with Gasteiger partial charge in [-0.05, 0) is 214 Å². The van der Waals surface area contributed by atoms with Crippen molar-refractivity contribution in [3.8, 4) is 44.5 Å². The lowest BCUT2D eigenvalue weighted by Crippen LogP contribution is -2.19. The number of nitrogens with zero attached hydrogens (tertiary/aromatic N) is 2. The third kappa shape index (κ3) is 8.06. The second-order valence-electron chi connectivity index (χ2n) is 25.3. The zero-order chi connectivity index (χ0) is 53.9. The van der Waals surface area contributed by atoms with E-state index in [1.165, 1.54) is 117 Å². The summed E-state index contributed by atoms with van der Waals surface area (Å²) in [5, 5.41) is 5.13. The molecular weight excluding hydrogens is 941 g/mol. The van der Waals surface area contributed by atoms with Gasteiger partial charge in [0.2, 0.25) is 0 Å². The van der Waals surface area contributed by atoms with Gasteiger partial charge in [0.15, 0.2) is 0 Å². The lowest BCUT2D eigenvalue weighted by molar-refractivity contribution is 0.590. The first kappa shape index (κ1) is 49.4. The monoisotopic (exact) mass is 1010 g/mol. The van der Waals surface area contributed by atoms with Crippen LogP contribution in [0.4, 0.5) is 28.4 Å². The summed E-state index contributed by atoms with van der Waals surface area (Å²) in [6.07, 6.45) is 9.14. The van der Waals surface area contributed by atoms with E-state index in [0.717, 1.165) is 29.9 Å². The fraction of sp³-hybridized carbons (Fsp3) is 0.211. The average molecular weight is 1010 g/mol. The first-order chi connectivity index (χ1) is 37.5. The molecule has 0 atom stereocenters. The number of rotatable bonds is 8. The van der Waals surface area contributed by atoms with Crippen LogP contribution >= 0.6 is 0 Å². The van der Waals surface area contributed by atoms with Crippen molar-refractivity contribution in [2.75, 3.05) is 9.80 Å². The Morgan fingerprint density at radius 3 is 1.14 bits per heavy atom. The summed E-state index contributed by atoms with van der Waals surface area (Å²) >= 11 is 0. The molecule has 0 aromatic heterocycles. The van der Waals surface area contributed by atoms with Gasteiger partial charge in [0.05, 0.1) is 0 Å². The fourth-order valence-electron chi connectivity index (χ4n) is 13.2. The van der Waals surface area contributed by atoms with Crippen molar-refractivity contribution < 1.29 is 0 Å². The lowest BCUT2D eigenvalue weighted by atomic mass is 9.78. The first-order valence-corrected chi connectivity index (χ1v) is 28.2. The van der Waals surface area contributed by atoms with Gasteiger partial charge in [-0.2, -0.15) is 0 Å². The number of hydrogen-bond donors (Lipinski definition) is 0. The molecule has 0 fully saturated rings. The van der Waals surface area contributed by atoms with Crippen LogP contribution in [0.1, 0.15) is 115 Å². The van der Waals surface area contributed by atoms with Crippen molar-refractivity contribution in [3.05, 3.63) is 257 Å². The van der Waals surface area contributed by atoms with Crippen LogP contribution in [0.5, 0.6) is 0 Å². The van der Waals surface area contributed by atoms with E-state index in [2.05, 4.69) is 297 Å². The SMILES string of the molecule is CC(C)(C)c1ccc(N(C2=CCCC=C2)c2ccc3c(c2)C(C)(C)c2cc4c(-c5ccccc5)c5cc6c(cc5c(-c5ccccc5)c4cc2-3)-c2ccc(N(c3ccccc3)c3ccc(C(C)(C)C)cc3)cc2C6(C)C)cc1. The Balaban J connectivity index is 1.02. The molecule has 0 saturated carbocycles. The van der Waals surface area contributed by atoms with Gasteiger partial charge in [-0.3, -0.25) is 0 Å². The molecule has 0 amide bonds.